The smallest absolute Gasteiger partial charge is 0.315 e. The van der Waals surface area contributed by atoms with Gasteiger partial charge in [0.15, 0.2) is 0 Å². The van der Waals surface area contributed by atoms with Gasteiger partial charge in [-0.05, 0) is 149 Å². The number of hydrogen-bond acceptors (Lipinski definition) is 8. The van der Waals surface area contributed by atoms with Gasteiger partial charge in [0.2, 0.25) is 17.7 Å². The average molecular weight is 900 g/mol. The first-order valence-electron chi connectivity index (χ1n) is 25.2. The van der Waals surface area contributed by atoms with Crippen LogP contribution >= 0.6 is 11.8 Å². The van der Waals surface area contributed by atoms with Gasteiger partial charge < -0.3 is 36.4 Å². The average Bonchev–Trinajstić information content (AvgIpc) is 3.92. The molecule has 6 N–H and O–H groups in total. The summed E-state index contributed by atoms with van der Waals surface area (Å²) in [5, 5.41) is 24.5. The number of urea groups is 1. The molecule has 13 nitrogen and oxygen atoms in total. The van der Waals surface area contributed by atoms with E-state index in [2.05, 4.69) is 47.4 Å². The number of nitrogens with one attached hydrogen (secondary N) is 5. The summed E-state index contributed by atoms with van der Waals surface area (Å²) in [5.74, 6) is 3.99. The lowest BCUT2D eigenvalue weighted by atomic mass is 9.44. The maximum Gasteiger partial charge on any atom is 0.315 e. The Bertz CT molecular complexity index is 1580. The third kappa shape index (κ3) is 13.3. The normalized spacial score (nSPS) is 33.4. The topological polar surface area (TPSA) is 192 Å². The molecular weight excluding hydrogens is 819 g/mol. The Morgan fingerprint density at radius 1 is 0.730 bits per heavy atom. The van der Waals surface area contributed by atoms with Crippen LogP contribution in [0.4, 0.5) is 4.79 Å². The van der Waals surface area contributed by atoms with Crippen molar-refractivity contribution in [2.45, 2.75) is 198 Å². The second-order valence-corrected chi connectivity index (χ2v) is 22.2. The predicted octanol–water partition coefficient (Wildman–Crippen LogP) is 7.64. The van der Waals surface area contributed by atoms with Gasteiger partial charge in [0.1, 0.15) is 6.10 Å². The van der Waals surface area contributed by atoms with Crippen LogP contribution in [-0.4, -0.2) is 89.6 Å². The first-order chi connectivity index (χ1) is 30.3. The number of carboxylic acid groups (broad SMARTS) is 1. The number of hydrogen-bond donors (Lipinski definition) is 6. The quantitative estimate of drug-likeness (QED) is 0.0304. The van der Waals surface area contributed by atoms with Crippen LogP contribution in [0.15, 0.2) is 0 Å². The van der Waals surface area contributed by atoms with Crippen LogP contribution in [0, 0.1) is 46.3 Å². The van der Waals surface area contributed by atoms with Crippen LogP contribution in [0.3, 0.4) is 0 Å². The number of ether oxygens (including phenoxy) is 1. The van der Waals surface area contributed by atoms with Gasteiger partial charge >= 0.3 is 18.0 Å². The van der Waals surface area contributed by atoms with E-state index in [9.17, 15) is 33.9 Å². The van der Waals surface area contributed by atoms with E-state index in [0.29, 0.717) is 66.2 Å². The van der Waals surface area contributed by atoms with E-state index in [-0.39, 0.29) is 67.3 Å². The Hall–Kier alpha value is -3.03. The molecule has 4 saturated carbocycles. The molecule has 0 aromatic rings. The highest BCUT2D eigenvalue weighted by Crippen LogP contribution is 2.68. The molecule has 12 atom stereocenters. The van der Waals surface area contributed by atoms with Crippen LogP contribution in [0.1, 0.15) is 175 Å². The van der Waals surface area contributed by atoms with E-state index in [1.54, 1.807) is 0 Å². The third-order valence-corrected chi connectivity index (χ3v) is 18.5. The van der Waals surface area contributed by atoms with Crippen molar-refractivity contribution in [2.24, 2.45) is 46.3 Å². The Labute approximate surface area is 381 Å². The van der Waals surface area contributed by atoms with Gasteiger partial charge in [0.25, 0.3) is 0 Å². The summed E-state index contributed by atoms with van der Waals surface area (Å²) in [5.41, 5.74) is 0.619. The molecule has 0 radical (unpaired) electrons. The van der Waals surface area contributed by atoms with Crippen LogP contribution in [0.25, 0.3) is 0 Å². The lowest BCUT2D eigenvalue weighted by Gasteiger charge is -2.61. The zero-order valence-electron chi connectivity index (χ0n) is 38.8. The van der Waals surface area contributed by atoms with Crippen LogP contribution < -0.4 is 26.6 Å². The van der Waals surface area contributed by atoms with E-state index < -0.39 is 5.97 Å². The van der Waals surface area contributed by atoms with Crippen LogP contribution in [0.2, 0.25) is 0 Å². The molecule has 0 aromatic heterocycles. The molecule has 2 saturated heterocycles. The summed E-state index contributed by atoms with van der Waals surface area (Å²) in [6, 6.07) is 0.386. The fraction of sp³-hybridized carbons (Fsp3) is 0.878. The van der Waals surface area contributed by atoms with E-state index in [1.165, 1.54) is 38.5 Å². The Morgan fingerprint density at radius 3 is 2.05 bits per heavy atom. The van der Waals surface area contributed by atoms with Gasteiger partial charge in [-0.2, -0.15) is 11.8 Å². The molecule has 356 valence electrons. The summed E-state index contributed by atoms with van der Waals surface area (Å²) in [6.07, 6.45) is 20.8. The number of carbonyl (C=O) groups excluding carboxylic acids is 5. The number of carbonyl (C=O) groups is 6. The SMILES string of the molecule is C[C@H](CCC(=O)O)[C@H]1CC[C@H]2[C@@H]3CC[C@@H]4C[C@@H](OC(=O)CCNC(=O)CCCCCNC(=O)CCCCCNC(=O)CCCCC5SCC6NC(=O)NC65)CC[C@]4(C)[C@H]3CC[C@]12C. The molecule has 2 heterocycles. The van der Waals surface area contributed by atoms with Crippen molar-refractivity contribution in [3.05, 3.63) is 0 Å². The summed E-state index contributed by atoms with van der Waals surface area (Å²) in [4.78, 5) is 72.6. The number of esters is 1. The van der Waals surface area contributed by atoms with Crippen LogP contribution in [0.5, 0.6) is 0 Å². The number of thioether (sulfide) groups is 1. The number of unbranched alkanes of at least 4 members (excludes halogenated alkanes) is 5. The number of aliphatic carboxylic acids is 1. The summed E-state index contributed by atoms with van der Waals surface area (Å²) in [6.45, 7) is 8.87. The van der Waals surface area contributed by atoms with Crippen molar-refractivity contribution in [3.63, 3.8) is 0 Å². The Balaban J connectivity index is 0.729. The van der Waals surface area contributed by atoms with Crippen molar-refractivity contribution in [1.29, 1.82) is 0 Å². The monoisotopic (exact) mass is 900 g/mol. The van der Waals surface area contributed by atoms with Gasteiger partial charge in [0, 0.05) is 56.3 Å². The molecule has 3 unspecified atom stereocenters. The number of rotatable bonds is 25. The van der Waals surface area contributed by atoms with E-state index >= 15 is 0 Å². The summed E-state index contributed by atoms with van der Waals surface area (Å²) < 4.78 is 6.01. The first kappa shape index (κ1) is 49.4. The highest BCUT2D eigenvalue weighted by molar-refractivity contribution is 8.00. The molecule has 6 rings (SSSR count). The molecule has 0 aromatic carbocycles. The van der Waals surface area contributed by atoms with E-state index in [0.717, 1.165) is 107 Å². The van der Waals surface area contributed by atoms with Gasteiger partial charge in [-0.25, -0.2) is 4.79 Å². The zero-order chi connectivity index (χ0) is 45.0. The van der Waals surface area contributed by atoms with Gasteiger partial charge in [-0.3, -0.25) is 24.0 Å². The number of amides is 5. The number of carboxylic acids is 1. The summed E-state index contributed by atoms with van der Waals surface area (Å²) >= 11 is 1.90. The van der Waals surface area contributed by atoms with Gasteiger partial charge in [0.05, 0.1) is 18.5 Å². The third-order valence-electron chi connectivity index (χ3n) is 17.0. The molecule has 6 fully saturated rings. The lowest BCUT2D eigenvalue weighted by Crippen LogP contribution is -2.54. The second kappa shape index (κ2) is 23.4. The lowest BCUT2D eigenvalue weighted by molar-refractivity contribution is -0.162. The van der Waals surface area contributed by atoms with Crippen molar-refractivity contribution in [2.75, 3.05) is 25.4 Å². The standard InChI is InChI=1S/C49H81N5O8S/c1-32(16-21-44(58)59)36-19-20-37-35-18-17-33-30-34(22-25-48(33,2)38(35)23-26-49(36,37)3)62-45(60)24-29-52-43(57)14-7-5-11-27-50-41(55)13-6-4-10-28-51-42(56)15-9-8-12-40-46-39(31-63-40)53-47(61)54-46/h32-40,46H,4-31H2,1-3H3,(H,50,55)(H,51,56)(H,52,57)(H,58,59)(H2,53,54,61)/t32-,33-,34+,35+,36-,37+,38+,39?,40?,46?,48+,49-/m1/s1. The van der Waals surface area contributed by atoms with Crippen LogP contribution in [-0.2, 0) is 28.7 Å². The highest BCUT2D eigenvalue weighted by atomic mass is 32.2. The minimum Gasteiger partial charge on any atom is -0.481 e. The first-order valence-corrected chi connectivity index (χ1v) is 26.2. The molecule has 63 heavy (non-hydrogen) atoms. The molecule has 0 spiro atoms. The second-order valence-electron chi connectivity index (χ2n) is 21.0. The van der Waals surface area contributed by atoms with Gasteiger partial charge in [-0.1, -0.05) is 40.0 Å². The Kier molecular flexibility index (Phi) is 18.4. The molecular formula is C49H81N5O8S. The van der Waals surface area contributed by atoms with Gasteiger partial charge in [-0.15, -0.1) is 0 Å². The minimum atomic E-state index is -0.680. The van der Waals surface area contributed by atoms with Crippen molar-refractivity contribution < 1.29 is 38.6 Å². The molecule has 6 aliphatic rings. The highest BCUT2D eigenvalue weighted by Gasteiger charge is 2.60. The Morgan fingerprint density at radius 2 is 1.37 bits per heavy atom. The molecule has 2 aliphatic heterocycles. The van der Waals surface area contributed by atoms with Crippen molar-refractivity contribution in [1.82, 2.24) is 26.6 Å². The molecule has 5 amide bonds. The molecule has 4 aliphatic carbocycles. The van der Waals surface area contributed by atoms with Crippen molar-refractivity contribution >= 4 is 47.5 Å². The molecule has 14 heteroatoms. The predicted molar refractivity (Wildman–Crippen MR) is 246 cm³/mol. The minimum absolute atomic E-state index is 0.0374. The maximum atomic E-state index is 12.9. The fourth-order valence-electron chi connectivity index (χ4n) is 13.6. The maximum absolute atomic E-state index is 12.9. The fourth-order valence-corrected chi connectivity index (χ4v) is 15.1. The summed E-state index contributed by atoms with van der Waals surface area (Å²) in [7, 11) is 0. The van der Waals surface area contributed by atoms with E-state index in [1.807, 2.05) is 11.8 Å². The van der Waals surface area contributed by atoms with Crippen molar-refractivity contribution in [3.8, 4) is 0 Å². The zero-order valence-corrected chi connectivity index (χ0v) is 39.6. The molecule has 0 bridgehead atoms. The number of fused-ring (bicyclic) bond motifs is 6. The largest absolute Gasteiger partial charge is 0.481 e. The van der Waals surface area contributed by atoms with E-state index in [4.69, 9.17) is 4.74 Å².